The van der Waals surface area contributed by atoms with E-state index in [2.05, 4.69) is 5.32 Å². The first-order chi connectivity index (χ1) is 9.56. The third-order valence-electron chi connectivity index (χ3n) is 3.30. The summed E-state index contributed by atoms with van der Waals surface area (Å²) >= 11 is 0. The van der Waals surface area contributed by atoms with Crippen LogP contribution in [0.5, 0.6) is 0 Å². The van der Waals surface area contributed by atoms with Crippen molar-refractivity contribution < 1.29 is 19.1 Å². The Labute approximate surface area is 116 Å². The SMILES string of the molecule is O=C(O)Cc1ccc(NC(=O)C2CC=CCC2)cc1F. The van der Waals surface area contributed by atoms with Gasteiger partial charge in [0.15, 0.2) is 0 Å². The Bertz CT molecular complexity index is 554. The van der Waals surface area contributed by atoms with Gasteiger partial charge in [-0.2, -0.15) is 0 Å². The fraction of sp³-hybridized carbons (Fsp3) is 0.333. The average Bonchev–Trinajstić information content (AvgIpc) is 2.42. The average molecular weight is 277 g/mol. The lowest BCUT2D eigenvalue weighted by atomic mass is 9.93. The summed E-state index contributed by atoms with van der Waals surface area (Å²) in [5.74, 6) is -1.91. The number of carbonyl (C=O) groups is 2. The maximum atomic E-state index is 13.7. The molecule has 1 amide bonds. The zero-order chi connectivity index (χ0) is 14.5. The van der Waals surface area contributed by atoms with Gasteiger partial charge in [0.05, 0.1) is 6.42 Å². The normalized spacial score (nSPS) is 17.8. The van der Waals surface area contributed by atoms with Gasteiger partial charge in [0, 0.05) is 11.6 Å². The summed E-state index contributed by atoms with van der Waals surface area (Å²) in [6.45, 7) is 0. The largest absolute Gasteiger partial charge is 0.481 e. The van der Waals surface area contributed by atoms with Crippen LogP contribution >= 0.6 is 0 Å². The van der Waals surface area contributed by atoms with Gasteiger partial charge in [-0.1, -0.05) is 18.2 Å². The molecule has 0 aliphatic heterocycles. The Balaban J connectivity index is 2.02. The van der Waals surface area contributed by atoms with Crippen LogP contribution in [-0.2, 0) is 16.0 Å². The van der Waals surface area contributed by atoms with Gasteiger partial charge >= 0.3 is 5.97 Å². The summed E-state index contributed by atoms with van der Waals surface area (Å²) in [5.41, 5.74) is 0.465. The van der Waals surface area contributed by atoms with Crippen molar-refractivity contribution >= 4 is 17.6 Å². The molecule has 0 bridgehead atoms. The number of allylic oxidation sites excluding steroid dienone is 2. The highest BCUT2D eigenvalue weighted by Crippen LogP contribution is 2.21. The predicted octanol–water partition coefficient (Wildman–Crippen LogP) is 2.75. The third kappa shape index (κ3) is 3.66. The molecule has 2 N–H and O–H groups in total. The molecule has 4 nitrogen and oxygen atoms in total. The van der Waals surface area contributed by atoms with Crippen molar-refractivity contribution in [1.82, 2.24) is 0 Å². The van der Waals surface area contributed by atoms with E-state index in [0.717, 1.165) is 18.9 Å². The predicted molar refractivity (Wildman–Crippen MR) is 72.9 cm³/mol. The van der Waals surface area contributed by atoms with Crippen LogP contribution in [0.4, 0.5) is 10.1 Å². The maximum absolute atomic E-state index is 13.7. The number of carboxylic acid groups (broad SMARTS) is 1. The first-order valence-corrected chi connectivity index (χ1v) is 6.52. The lowest BCUT2D eigenvalue weighted by Gasteiger charge is -2.17. The first kappa shape index (κ1) is 14.2. The quantitative estimate of drug-likeness (QED) is 0.832. The van der Waals surface area contributed by atoms with Crippen molar-refractivity contribution in [1.29, 1.82) is 0 Å². The molecule has 2 rings (SSSR count). The second-order valence-electron chi connectivity index (χ2n) is 4.85. The fourth-order valence-electron chi connectivity index (χ4n) is 2.21. The lowest BCUT2D eigenvalue weighted by Crippen LogP contribution is -2.23. The van der Waals surface area contributed by atoms with Crippen LogP contribution in [0.25, 0.3) is 0 Å². The molecule has 106 valence electrons. The Kier molecular flexibility index (Phi) is 4.50. The van der Waals surface area contributed by atoms with Crippen molar-refractivity contribution in [2.24, 2.45) is 5.92 Å². The molecule has 1 atom stereocenters. The van der Waals surface area contributed by atoms with Crippen LogP contribution in [-0.4, -0.2) is 17.0 Å². The number of aliphatic carboxylic acids is 1. The Morgan fingerprint density at radius 1 is 1.35 bits per heavy atom. The minimum atomic E-state index is -1.09. The third-order valence-corrected chi connectivity index (χ3v) is 3.30. The summed E-state index contributed by atoms with van der Waals surface area (Å²) in [4.78, 5) is 22.5. The molecular formula is C15H16FNO3. The number of benzene rings is 1. The molecule has 5 heteroatoms. The van der Waals surface area contributed by atoms with Gasteiger partial charge in [-0.05, 0) is 37.0 Å². The van der Waals surface area contributed by atoms with Gasteiger partial charge < -0.3 is 10.4 Å². The molecule has 0 saturated heterocycles. The summed E-state index contributed by atoms with van der Waals surface area (Å²) < 4.78 is 13.7. The van der Waals surface area contributed by atoms with E-state index in [9.17, 15) is 14.0 Å². The van der Waals surface area contributed by atoms with E-state index in [1.54, 1.807) is 0 Å². The highest BCUT2D eigenvalue weighted by atomic mass is 19.1. The van der Waals surface area contributed by atoms with Crippen molar-refractivity contribution in [3.8, 4) is 0 Å². The summed E-state index contributed by atoms with van der Waals surface area (Å²) in [6, 6.07) is 4.08. The topological polar surface area (TPSA) is 66.4 Å². The van der Waals surface area contributed by atoms with Crippen molar-refractivity contribution in [3.63, 3.8) is 0 Å². The van der Waals surface area contributed by atoms with Crippen LogP contribution < -0.4 is 5.32 Å². The van der Waals surface area contributed by atoms with E-state index in [1.807, 2.05) is 12.2 Å². The van der Waals surface area contributed by atoms with Gasteiger partial charge in [0.2, 0.25) is 5.91 Å². The van der Waals surface area contributed by atoms with Crippen molar-refractivity contribution in [2.45, 2.75) is 25.7 Å². The number of nitrogens with one attached hydrogen (secondary N) is 1. The van der Waals surface area contributed by atoms with Crippen LogP contribution in [0.2, 0.25) is 0 Å². The molecule has 0 heterocycles. The molecule has 1 aromatic rings. The monoisotopic (exact) mass is 277 g/mol. The standard InChI is InChI=1S/C15H16FNO3/c16-13-9-12(7-6-11(13)8-14(18)19)17-15(20)10-4-2-1-3-5-10/h1-2,6-7,9-10H,3-5,8H2,(H,17,20)(H,18,19). The van der Waals surface area contributed by atoms with Crippen LogP contribution in [0.3, 0.4) is 0 Å². The number of hydrogen-bond acceptors (Lipinski definition) is 2. The zero-order valence-corrected chi connectivity index (χ0v) is 10.9. The molecule has 1 aliphatic rings. The molecule has 0 saturated carbocycles. The Hall–Kier alpha value is -2.17. The molecule has 0 fully saturated rings. The van der Waals surface area contributed by atoms with Crippen LogP contribution in [0.1, 0.15) is 24.8 Å². The number of amides is 1. The van der Waals surface area contributed by atoms with E-state index < -0.39 is 11.8 Å². The highest BCUT2D eigenvalue weighted by Gasteiger charge is 2.19. The number of carbonyl (C=O) groups excluding carboxylic acids is 1. The van der Waals surface area contributed by atoms with Gasteiger partial charge in [-0.25, -0.2) is 4.39 Å². The second-order valence-corrected chi connectivity index (χ2v) is 4.85. The van der Waals surface area contributed by atoms with Crippen LogP contribution in [0, 0.1) is 11.7 Å². The molecule has 0 aromatic heterocycles. The van der Waals surface area contributed by atoms with E-state index in [0.29, 0.717) is 12.1 Å². The van der Waals surface area contributed by atoms with Crippen molar-refractivity contribution in [2.75, 3.05) is 5.32 Å². The molecule has 1 unspecified atom stereocenters. The van der Waals surface area contributed by atoms with Crippen LogP contribution in [0.15, 0.2) is 30.4 Å². The Morgan fingerprint density at radius 3 is 2.75 bits per heavy atom. The minimum Gasteiger partial charge on any atom is -0.481 e. The minimum absolute atomic E-state index is 0.0817. The van der Waals surface area contributed by atoms with E-state index >= 15 is 0 Å². The first-order valence-electron chi connectivity index (χ1n) is 6.52. The van der Waals surface area contributed by atoms with Crippen molar-refractivity contribution in [3.05, 3.63) is 41.7 Å². The molecular weight excluding hydrogens is 261 g/mol. The Morgan fingerprint density at radius 2 is 2.15 bits per heavy atom. The lowest BCUT2D eigenvalue weighted by molar-refractivity contribution is -0.136. The number of halogens is 1. The molecule has 0 radical (unpaired) electrons. The summed E-state index contributed by atoms with van der Waals surface area (Å²) in [6.07, 6.45) is 6.03. The summed E-state index contributed by atoms with van der Waals surface area (Å²) in [7, 11) is 0. The smallest absolute Gasteiger partial charge is 0.307 e. The number of anilines is 1. The van der Waals surface area contributed by atoms with Gasteiger partial charge in [0.25, 0.3) is 0 Å². The van der Waals surface area contributed by atoms with E-state index in [-0.39, 0.29) is 23.8 Å². The van der Waals surface area contributed by atoms with Gasteiger partial charge in [-0.3, -0.25) is 9.59 Å². The zero-order valence-electron chi connectivity index (χ0n) is 10.9. The fourth-order valence-corrected chi connectivity index (χ4v) is 2.21. The van der Waals surface area contributed by atoms with Gasteiger partial charge in [-0.15, -0.1) is 0 Å². The second kappa shape index (κ2) is 6.32. The number of carboxylic acids is 1. The highest BCUT2D eigenvalue weighted by molar-refractivity contribution is 5.92. The van der Waals surface area contributed by atoms with E-state index in [1.165, 1.54) is 12.1 Å². The summed E-state index contributed by atoms with van der Waals surface area (Å²) in [5, 5.41) is 11.3. The molecule has 1 aliphatic carbocycles. The van der Waals surface area contributed by atoms with E-state index in [4.69, 9.17) is 5.11 Å². The molecule has 0 spiro atoms. The maximum Gasteiger partial charge on any atom is 0.307 e. The number of hydrogen-bond donors (Lipinski definition) is 2. The van der Waals surface area contributed by atoms with Gasteiger partial charge in [0.1, 0.15) is 5.82 Å². The molecule has 1 aromatic carbocycles. The number of rotatable bonds is 4. The molecule has 20 heavy (non-hydrogen) atoms.